The number of nitrogens with zero attached hydrogens (tertiary/aromatic N) is 2. The molecule has 0 saturated heterocycles. The van der Waals surface area contributed by atoms with Crippen LogP contribution in [0.15, 0.2) is 36.4 Å². The largest absolute Gasteiger partial charge is 0.497 e. The van der Waals surface area contributed by atoms with Gasteiger partial charge in [-0.25, -0.2) is 9.97 Å². The normalized spacial score (nSPS) is 10.5. The third-order valence-electron chi connectivity index (χ3n) is 3.72. The summed E-state index contributed by atoms with van der Waals surface area (Å²) in [6, 6.07) is 11.1. The Morgan fingerprint density at radius 2 is 1.81 bits per heavy atom. The molecule has 0 fully saturated rings. The summed E-state index contributed by atoms with van der Waals surface area (Å²) >= 11 is 20.1. The summed E-state index contributed by atoms with van der Waals surface area (Å²) in [5, 5.41) is 5.78. The Morgan fingerprint density at radius 1 is 1.07 bits per heavy atom. The predicted octanol–water partition coefficient (Wildman–Crippen LogP) is 6.37. The van der Waals surface area contributed by atoms with Gasteiger partial charge in [0, 0.05) is 33.5 Å². The molecule has 0 atom stereocenters. The standard InChI is InChI=1S/C18H16Cl3N3OS.ClH/c1-25-11-5-6-16-12(9-11)17(24-18(21)23-16)22-7-8-26-10-13-14(19)3-2-4-15(13)20;/h2-6,9H,7-8,10H2,1H3,(H,22,23,24);1H. The molecular weight excluding hydrogens is 448 g/mol. The van der Waals surface area contributed by atoms with E-state index in [1.807, 2.05) is 36.4 Å². The first kappa shape index (κ1) is 22.2. The molecule has 0 aliphatic heterocycles. The van der Waals surface area contributed by atoms with Crippen LogP contribution in [0.25, 0.3) is 10.9 Å². The lowest BCUT2D eigenvalue weighted by Crippen LogP contribution is -2.07. The zero-order valence-corrected chi connectivity index (χ0v) is 18.2. The van der Waals surface area contributed by atoms with Crippen LogP contribution in [0.5, 0.6) is 5.75 Å². The first-order chi connectivity index (χ1) is 12.6. The van der Waals surface area contributed by atoms with E-state index in [0.717, 1.165) is 33.7 Å². The van der Waals surface area contributed by atoms with E-state index in [2.05, 4.69) is 15.3 Å². The summed E-state index contributed by atoms with van der Waals surface area (Å²) in [4.78, 5) is 8.54. The fourth-order valence-corrected chi connectivity index (χ4v) is 4.20. The van der Waals surface area contributed by atoms with Crippen LogP contribution in [0, 0.1) is 0 Å². The van der Waals surface area contributed by atoms with Gasteiger partial charge in [-0.15, -0.1) is 12.4 Å². The maximum Gasteiger partial charge on any atom is 0.224 e. The van der Waals surface area contributed by atoms with Crippen LogP contribution in [-0.2, 0) is 5.75 Å². The summed E-state index contributed by atoms with van der Waals surface area (Å²) < 4.78 is 5.28. The van der Waals surface area contributed by atoms with Gasteiger partial charge in [-0.05, 0) is 47.5 Å². The number of benzene rings is 2. The molecule has 0 aliphatic carbocycles. The number of anilines is 1. The maximum absolute atomic E-state index is 6.19. The first-order valence-corrected chi connectivity index (χ1v) is 10.1. The molecule has 3 rings (SSSR count). The highest BCUT2D eigenvalue weighted by Gasteiger charge is 2.09. The van der Waals surface area contributed by atoms with E-state index < -0.39 is 0 Å². The monoisotopic (exact) mass is 463 g/mol. The van der Waals surface area contributed by atoms with E-state index in [4.69, 9.17) is 39.5 Å². The number of rotatable bonds is 7. The van der Waals surface area contributed by atoms with Gasteiger partial charge >= 0.3 is 0 Å². The lowest BCUT2D eigenvalue weighted by atomic mass is 10.2. The van der Waals surface area contributed by atoms with E-state index >= 15 is 0 Å². The molecule has 2 aromatic carbocycles. The Morgan fingerprint density at radius 3 is 2.52 bits per heavy atom. The highest BCUT2D eigenvalue weighted by Crippen LogP contribution is 2.29. The summed E-state index contributed by atoms with van der Waals surface area (Å²) in [5.41, 5.74) is 1.73. The molecule has 1 aromatic heterocycles. The molecule has 0 saturated carbocycles. The maximum atomic E-state index is 6.19. The van der Waals surface area contributed by atoms with Crippen molar-refractivity contribution in [2.75, 3.05) is 24.7 Å². The Kier molecular flexibility index (Phi) is 8.58. The Bertz CT molecular complexity index is 906. The van der Waals surface area contributed by atoms with Crippen molar-refractivity contribution >= 4 is 75.7 Å². The highest BCUT2D eigenvalue weighted by molar-refractivity contribution is 7.98. The van der Waals surface area contributed by atoms with E-state index in [-0.39, 0.29) is 17.7 Å². The van der Waals surface area contributed by atoms with Gasteiger partial charge < -0.3 is 10.1 Å². The summed E-state index contributed by atoms with van der Waals surface area (Å²) in [5.74, 6) is 3.04. The van der Waals surface area contributed by atoms with Crippen LogP contribution in [0.4, 0.5) is 5.82 Å². The van der Waals surface area contributed by atoms with Crippen LogP contribution < -0.4 is 10.1 Å². The molecule has 3 aromatic rings. The minimum Gasteiger partial charge on any atom is -0.497 e. The predicted molar refractivity (Wildman–Crippen MR) is 119 cm³/mol. The minimum absolute atomic E-state index is 0. The van der Waals surface area contributed by atoms with Crippen LogP contribution in [0.1, 0.15) is 5.56 Å². The number of hydrogen-bond acceptors (Lipinski definition) is 5. The molecule has 1 heterocycles. The first-order valence-electron chi connectivity index (χ1n) is 7.84. The van der Waals surface area contributed by atoms with Gasteiger partial charge in [0.25, 0.3) is 0 Å². The number of aromatic nitrogens is 2. The molecule has 1 N–H and O–H groups in total. The van der Waals surface area contributed by atoms with E-state index in [9.17, 15) is 0 Å². The van der Waals surface area contributed by atoms with Crippen LogP contribution >= 0.6 is 59.0 Å². The average Bonchev–Trinajstić information content (AvgIpc) is 2.63. The highest BCUT2D eigenvalue weighted by atomic mass is 35.5. The van der Waals surface area contributed by atoms with Crippen molar-refractivity contribution in [1.82, 2.24) is 9.97 Å². The van der Waals surface area contributed by atoms with Gasteiger partial charge in [-0.2, -0.15) is 11.8 Å². The van der Waals surface area contributed by atoms with Crippen molar-refractivity contribution in [3.8, 4) is 5.75 Å². The van der Waals surface area contributed by atoms with Gasteiger partial charge in [-0.1, -0.05) is 29.3 Å². The van der Waals surface area contributed by atoms with Gasteiger partial charge in [0.2, 0.25) is 5.28 Å². The number of hydrogen-bond donors (Lipinski definition) is 1. The SMILES string of the molecule is COc1ccc2nc(Cl)nc(NCCSCc3c(Cl)cccc3Cl)c2c1.Cl. The fraction of sp³-hybridized carbons (Fsp3) is 0.222. The smallest absolute Gasteiger partial charge is 0.224 e. The van der Waals surface area contributed by atoms with Crippen molar-refractivity contribution < 1.29 is 4.74 Å². The zero-order chi connectivity index (χ0) is 18.5. The number of ether oxygens (including phenoxy) is 1. The molecule has 0 radical (unpaired) electrons. The van der Waals surface area contributed by atoms with E-state index in [1.54, 1.807) is 18.9 Å². The lowest BCUT2D eigenvalue weighted by molar-refractivity contribution is 0.415. The molecule has 27 heavy (non-hydrogen) atoms. The molecule has 144 valence electrons. The third-order valence-corrected chi connectivity index (χ3v) is 5.59. The van der Waals surface area contributed by atoms with Gasteiger partial charge in [-0.3, -0.25) is 0 Å². The fourth-order valence-electron chi connectivity index (χ4n) is 2.43. The second-order valence-electron chi connectivity index (χ2n) is 5.40. The van der Waals surface area contributed by atoms with Crippen molar-refractivity contribution in [2.45, 2.75) is 5.75 Å². The Labute approximate surface area is 183 Å². The molecule has 9 heteroatoms. The minimum atomic E-state index is 0. The van der Waals surface area contributed by atoms with Crippen molar-refractivity contribution in [1.29, 1.82) is 0 Å². The van der Waals surface area contributed by atoms with Crippen molar-refractivity contribution in [3.63, 3.8) is 0 Å². The quantitative estimate of drug-likeness (QED) is 0.325. The molecule has 4 nitrogen and oxygen atoms in total. The molecular formula is C18H17Cl4N3OS. The second-order valence-corrected chi connectivity index (χ2v) is 7.66. The van der Waals surface area contributed by atoms with Gasteiger partial charge in [0.1, 0.15) is 11.6 Å². The Balaban J connectivity index is 0.00000261. The topological polar surface area (TPSA) is 47.0 Å². The summed E-state index contributed by atoms with van der Waals surface area (Å²) in [7, 11) is 1.63. The van der Waals surface area contributed by atoms with Crippen molar-refractivity contribution in [2.24, 2.45) is 0 Å². The molecule has 0 amide bonds. The van der Waals surface area contributed by atoms with Crippen molar-refractivity contribution in [3.05, 3.63) is 57.3 Å². The van der Waals surface area contributed by atoms with Crippen LogP contribution in [-0.4, -0.2) is 29.4 Å². The average molecular weight is 465 g/mol. The number of halogens is 4. The van der Waals surface area contributed by atoms with Gasteiger partial charge in [0.15, 0.2) is 0 Å². The number of methoxy groups -OCH3 is 1. The second kappa shape index (κ2) is 10.4. The van der Waals surface area contributed by atoms with Gasteiger partial charge in [0.05, 0.1) is 12.6 Å². The number of thioether (sulfide) groups is 1. The molecule has 0 bridgehead atoms. The summed E-state index contributed by atoms with van der Waals surface area (Å²) in [6.07, 6.45) is 0. The lowest BCUT2D eigenvalue weighted by Gasteiger charge is -2.11. The molecule has 0 spiro atoms. The number of fused-ring (bicyclic) bond motifs is 1. The summed E-state index contributed by atoms with van der Waals surface area (Å²) in [6.45, 7) is 0.715. The van der Waals surface area contributed by atoms with Crippen LogP contribution in [0.3, 0.4) is 0 Å². The van der Waals surface area contributed by atoms with E-state index in [1.165, 1.54) is 0 Å². The molecule has 0 unspecified atom stereocenters. The molecule has 0 aliphatic rings. The Hall–Kier alpha value is -1.11. The zero-order valence-electron chi connectivity index (χ0n) is 14.3. The van der Waals surface area contributed by atoms with E-state index in [0.29, 0.717) is 22.4 Å². The third kappa shape index (κ3) is 5.69. The van der Waals surface area contributed by atoms with Crippen LogP contribution in [0.2, 0.25) is 15.3 Å². The number of nitrogens with one attached hydrogen (secondary N) is 1.